The molecule has 4 rings (SSSR count). The second-order valence-corrected chi connectivity index (χ2v) is 7.74. The SMILES string of the molecule is CCCCCCOc1ccc2nc(-c3ccccc3)n(-c3cccc(C(F)(F)F)c3)c2c1. The number of hydrogen-bond donors (Lipinski definition) is 0. The molecule has 0 N–H and O–H groups in total. The molecule has 3 aromatic carbocycles. The number of rotatable bonds is 8. The number of halogens is 3. The predicted octanol–water partition coefficient (Wildman–Crippen LogP) is 7.67. The molecule has 0 unspecified atom stereocenters. The summed E-state index contributed by atoms with van der Waals surface area (Å²) in [5.41, 5.74) is 1.93. The van der Waals surface area contributed by atoms with Gasteiger partial charge in [0.1, 0.15) is 11.6 Å². The lowest BCUT2D eigenvalue weighted by atomic mass is 10.1. The fourth-order valence-corrected chi connectivity index (χ4v) is 3.73. The van der Waals surface area contributed by atoms with Crippen molar-refractivity contribution in [2.75, 3.05) is 6.61 Å². The minimum absolute atomic E-state index is 0.404. The molecule has 0 atom stereocenters. The predicted molar refractivity (Wildman–Crippen MR) is 121 cm³/mol. The number of fused-ring (bicyclic) bond motifs is 1. The van der Waals surface area contributed by atoms with Crippen LogP contribution in [0.25, 0.3) is 28.1 Å². The van der Waals surface area contributed by atoms with E-state index in [2.05, 4.69) is 6.92 Å². The highest BCUT2D eigenvalue weighted by Gasteiger charge is 2.31. The van der Waals surface area contributed by atoms with Gasteiger partial charge in [0.05, 0.1) is 23.2 Å². The first kappa shape index (κ1) is 21.9. The Morgan fingerprint density at radius 2 is 1.69 bits per heavy atom. The highest BCUT2D eigenvalue weighted by Crippen LogP contribution is 2.34. The maximum Gasteiger partial charge on any atom is 0.416 e. The summed E-state index contributed by atoms with van der Waals surface area (Å²) in [6.45, 7) is 2.77. The molecule has 0 saturated heterocycles. The first-order chi connectivity index (χ1) is 15.5. The highest BCUT2D eigenvalue weighted by molar-refractivity contribution is 5.84. The van der Waals surface area contributed by atoms with E-state index in [1.165, 1.54) is 12.5 Å². The Balaban J connectivity index is 1.80. The van der Waals surface area contributed by atoms with Crippen molar-refractivity contribution < 1.29 is 17.9 Å². The van der Waals surface area contributed by atoms with Crippen LogP contribution in [0.3, 0.4) is 0 Å². The lowest BCUT2D eigenvalue weighted by Crippen LogP contribution is -2.06. The topological polar surface area (TPSA) is 27.1 Å². The van der Waals surface area contributed by atoms with Crippen LogP contribution in [0, 0.1) is 0 Å². The summed E-state index contributed by atoms with van der Waals surface area (Å²) in [6.07, 6.45) is -0.0191. The van der Waals surface area contributed by atoms with Crippen molar-refractivity contribution in [3.8, 4) is 22.8 Å². The van der Waals surface area contributed by atoms with Crippen LogP contribution in [0.4, 0.5) is 13.2 Å². The number of hydrogen-bond acceptors (Lipinski definition) is 2. The van der Waals surface area contributed by atoms with Gasteiger partial charge in [-0.2, -0.15) is 13.2 Å². The summed E-state index contributed by atoms with van der Waals surface area (Å²) in [4.78, 5) is 4.74. The van der Waals surface area contributed by atoms with Gasteiger partial charge >= 0.3 is 6.18 Å². The standard InChI is InChI=1S/C26H25F3N2O/c1-2-3-4-8-16-32-22-14-15-23-24(18-22)31(25(30-23)19-10-6-5-7-11-19)21-13-9-12-20(17-21)26(27,28)29/h5-7,9-15,17-18H,2-4,8,16H2,1H3. The average Bonchev–Trinajstić information content (AvgIpc) is 3.18. The Hall–Kier alpha value is -3.28. The third-order valence-electron chi connectivity index (χ3n) is 5.36. The number of unbranched alkanes of at least 4 members (excludes halogenated alkanes) is 3. The summed E-state index contributed by atoms with van der Waals surface area (Å²) >= 11 is 0. The zero-order valence-corrected chi connectivity index (χ0v) is 17.9. The molecule has 0 aliphatic rings. The third kappa shape index (κ3) is 4.79. The second kappa shape index (κ2) is 9.47. The van der Waals surface area contributed by atoms with Crippen molar-refractivity contribution in [3.63, 3.8) is 0 Å². The van der Waals surface area contributed by atoms with Gasteiger partial charge in [-0.3, -0.25) is 4.57 Å². The summed E-state index contributed by atoms with van der Waals surface area (Å²) in [5, 5.41) is 0. The maximum atomic E-state index is 13.4. The largest absolute Gasteiger partial charge is 0.494 e. The fourth-order valence-electron chi connectivity index (χ4n) is 3.73. The van der Waals surface area contributed by atoms with Crippen LogP contribution in [0.2, 0.25) is 0 Å². The molecule has 6 heteroatoms. The first-order valence-electron chi connectivity index (χ1n) is 10.9. The van der Waals surface area contributed by atoms with E-state index in [1.54, 1.807) is 10.6 Å². The molecule has 3 nitrogen and oxygen atoms in total. The maximum absolute atomic E-state index is 13.4. The van der Waals surface area contributed by atoms with E-state index in [9.17, 15) is 13.2 Å². The van der Waals surface area contributed by atoms with E-state index in [-0.39, 0.29) is 0 Å². The number of imidazole rings is 1. The van der Waals surface area contributed by atoms with E-state index < -0.39 is 11.7 Å². The van der Waals surface area contributed by atoms with Crippen molar-refractivity contribution in [3.05, 3.63) is 78.4 Å². The second-order valence-electron chi connectivity index (χ2n) is 7.74. The summed E-state index contributed by atoms with van der Waals surface area (Å²) in [5.74, 6) is 1.27. The van der Waals surface area contributed by atoms with Gasteiger partial charge < -0.3 is 4.74 Å². The molecule has 166 valence electrons. The van der Waals surface area contributed by atoms with E-state index >= 15 is 0 Å². The molecule has 0 radical (unpaired) electrons. The molecule has 1 heterocycles. The lowest BCUT2D eigenvalue weighted by molar-refractivity contribution is -0.137. The van der Waals surface area contributed by atoms with Gasteiger partial charge in [0.2, 0.25) is 0 Å². The van der Waals surface area contributed by atoms with Gasteiger partial charge in [0, 0.05) is 17.3 Å². The summed E-state index contributed by atoms with van der Waals surface area (Å²) in [6, 6.07) is 20.4. The van der Waals surface area contributed by atoms with Crippen LogP contribution in [-0.2, 0) is 6.18 Å². The minimum atomic E-state index is -4.42. The van der Waals surface area contributed by atoms with Crippen molar-refractivity contribution in [1.82, 2.24) is 9.55 Å². The van der Waals surface area contributed by atoms with E-state index in [0.29, 0.717) is 34.9 Å². The average molecular weight is 438 g/mol. The number of alkyl halides is 3. The van der Waals surface area contributed by atoms with Crippen molar-refractivity contribution >= 4 is 11.0 Å². The van der Waals surface area contributed by atoms with Gasteiger partial charge in [-0.05, 0) is 36.8 Å². The third-order valence-corrected chi connectivity index (χ3v) is 5.36. The Morgan fingerprint density at radius 3 is 2.44 bits per heavy atom. The van der Waals surface area contributed by atoms with Crippen molar-refractivity contribution in [2.24, 2.45) is 0 Å². The zero-order chi connectivity index (χ0) is 22.6. The molecule has 1 aromatic heterocycles. The van der Waals surface area contributed by atoms with Crippen molar-refractivity contribution in [2.45, 2.75) is 38.8 Å². The molecule has 0 spiro atoms. The highest BCUT2D eigenvalue weighted by atomic mass is 19.4. The van der Waals surface area contributed by atoms with Crippen LogP contribution >= 0.6 is 0 Å². The Labute approximate surface area is 185 Å². The lowest BCUT2D eigenvalue weighted by Gasteiger charge is -2.13. The number of benzene rings is 3. The van der Waals surface area contributed by atoms with E-state index in [0.717, 1.165) is 37.0 Å². The van der Waals surface area contributed by atoms with Crippen LogP contribution in [0.1, 0.15) is 38.2 Å². The molecule has 0 aliphatic heterocycles. The molecular weight excluding hydrogens is 413 g/mol. The quantitative estimate of drug-likeness (QED) is 0.264. The number of nitrogens with zero attached hydrogens (tertiary/aromatic N) is 2. The van der Waals surface area contributed by atoms with Gasteiger partial charge in [0.15, 0.2) is 0 Å². The zero-order valence-electron chi connectivity index (χ0n) is 17.9. The fraction of sp³-hybridized carbons (Fsp3) is 0.269. The summed E-state index contributed by atoms with van der Waals surface area (Å²) < 4.78 is 47.9. The molecule has 0 saturated carbocycles. The van der Waals surface area contributed by atoms with Gasteiger partial charge in [-0.25, -0.2) is 4.98 Å². The number of ether oxygens (including phenoxy) is 1. The van der Waals surface area contributed by atoms with Crippen LogP contribution < -0.4 is 4.74 Å². The minimum Gasteiger partial charge on any atom is -0.494 e. The van der Waals surface area contributed by atoms with E-state index in [1.807, 2.05) is 48.5 Å². The molecule has 0 amide bonds. The molecule has 0 bridgehead atoms. The Kier molecular flexibility index (Phi) is 6.49. The Bertz CT molecular complexity index is 1180. The first-order valence-corrected chi connectivity index (χ1v) is 10.9. The van der Waals surface area contributed by atoms with Crippen molar-refractivity contribution in [1.29, 1.82) is 0 Å². The summed E-state index contributed by atoms with van der Waals surface area (Å²) in [7, 11) is 0. The molecule has 32 heavy (non-hydrogen) atoms. The Morgan fingerprint density at radius 1 is 0.875 bits per heavy atom. The smallest absolute Gasteiger partial charge is 0.416 e. The van der Waals surface area contributed by atoms with Gasteiger partial charge in [0.25, 0.3) is 0 Å². The molecule has 0 aliphatic carbocycles. The van der Waals surface area contributed by atoms with Crippen LogP contribution in [0.15, 0.2) is 72.8 Å². The van der Waals surface area contributed by atoms with Crippen LogP contribution in [-0.4, -0.2) is 16.2 Å². The normalized spacial score (nSPS) is 11.8. The van der Waals surface area contributed by atoms with Crippen LogP contribution in [0.5, 0.6) is 5.75 Å². The molecule has 0 fully saturated rings. The van der Waals surface area contributed by atoms with E-state index in [4.69, 9.17) is 9.72 Å². The molecular formula is C26H25F3N2O. The monoisotopic (exact) mass is 438 g/mol. The van der Waals surface area contributed by atoms with Gasteiger partial charge in [-0.15, -0.1) is 0 Å². The number of aromatic nitrogens is 2. The molecule has 4 aromatic rings. The van der Waals surface area contributed by atoms with Gasteiger partial charge in [-0.1, -0.05) is 62.6 Å².